The monoisotopic (exact) mass is 307 g/mol. The number of hydrogen-bond donors (Lipinski definition) is 2. The third-order valence-electron chi connectivity index (χ3n) is 4.18. The zero-order chi connectivity index (χ0) is 16.2. The van der Waals surface area contributed by atoms with Gasteiger partial charge in [0.15, 0.2) is 0 Å². The topological polar surface area (TPSA) is 78.5 Å². The van der Waals surface area contributed by atoms with E-state index in [-0.39, 0.29) is 5.91 Å². The Bertz CT molecular complexity index is 877. The zero-order valence-electron chi connectivity index (χ0n) is 12.3. The highest BCUT2D eigenvalue weighted by Crippen LogP contribution is 2.43. The Hall–Kier alpha value is -3.15. The molecule has 3 amide bonds. The van der Waals surface area contributed by atoms with Gasteiger partial charge in [-0.2, -0.15) is 0 Å². The molecule has 2 N–H and O–H groups in total. The third kappa shape index (κ3) is 1.66. The van der Waals surface area contributed by atoms with Gasteiger partial charge in [0, 0.05) is 18.2 Å². The third-order valence-corrected chi connectivity index (χ3v) is 4.18. The summed E-state index contributed by atoms with van der Waals surface area (Å²) in [5.41, 5.74) is 0.614. The lowest BCUT2D eigenvalue weighted by Gasteiger charge is -2.36. The van der Waals surface area contributed by atoms with E-state index in [1.807, 2.05) is 0 Å². The molecule has 2 heterocycles. The lowest BCUT2D eigenvalue weighted by atomic mass is 9.96. The number of amides is 3. The average Bonchev–Trinajstić information content (AvgIpc) is 2.77. The first kappa shape index (κ1) is 13.5. The number of carbonyl (C=O) groups is 3. The molecule has 6 nitrogen and oxygen atoms in total. The number of benzene rings is 2. The largest absolute Gasteiger partial charge is 0.350 e. The Morgan fingerprint density at radius 3 is 2.48 bits per heavy atom. The van der Waals surface area contributed by atoms with E-state index in [0.717, 1.165) is 4.90 Å². The van der Waals surface area contributed by atoms with Crippen molar-refractivity contribution in [2.75, 3.05) is 10.2 Å². The van der Waals surface area contributed by atoms with E-state index < -0.39 is 17.5 Å². The van der Waals surface area contributed by atoms with E-state index in [1.165, 1.54) is 6.92 Å². The molecular formula is C17H13N3O3. The molecule has 0 radical (unpaired) electrons. The van der Waals surface area contributed by atoms with Crippen LogP contribution >= 0.6 is 0 Å². The summed E-state index contributed by atoms with van der Waals surface area (Å²) in [6.45, 7) is 1.33. The second-order valence-corrected chi connectivity index (χ2v) is 5.55. The predicted molar refractivity (Wildman–Crippen MR) is 83.8 cm³/mol. The van der Waals surface area contributed by atoms with Crippen molar-refractivity contribution < 1.29 is 14.4 Å². The quantitative estimate of drug-likeness (QED) is 0.775. The van der Waals surface area contributed by atoms with Crippen molar-refractivity contribution in [3.05, 3.63) is 59.7 Å². The van der Waals surface area contributed by atoms with Gasteiger partial charge < -0.3 is 10.6 Å². The van der Waals surface area contributed by atoms with E-state index >= 15 is 0 Å². The number of imide groups is 1. The van der Waals surface area contributed by atoms with Crippen molar-refractivity contribution in [2.45, 2.75) is 12.6 Å². The Labute approximate surface area is 132 Å². The molecule has 23 heavy (non-hydrogen) atoms. The van der Waals surface area contributed by atoms with Gasteiger partial charge in [0.05, 0.1) is 11.3 Å². The van der Waals surface area contributed by atoms with Crippen molar-refractivity contribution in [1.29, 1.82) is 0 Å². The number of para-hydroxylation sites is 2. The van der Waals surface area contributed by atoms with Crippen molar-refractivity contribution in [2.24, 2.45) is 0 Å². The first-order valence-electron chi connectivity index (χ1n) is 7.19. The van der Waals surface area contributed by atoms with Crippen molar-refractivity contribution in [1.82, 2.24) is 5.32 Å². The summed E-state index contributed by atoms with van der Waals surface area (Å²) >= 11 is 0. The summed E-state index contributed by atoms with van der Waals surface area (Å²) in [6.07, 6.45) is 0. The zero-order valence-corrected chi connectivity index (χ0v) is 12.3. The number of hydrogen-bond acceptors (Lipinski definition) is 4. The molecule has 1 spiro atoms. The van der Waals surface area contributed by atoms with E-state index in [0.29, 0.717) is 22.5 Å². The van der Waals surface area contributed by atoms with Crippen molar-refractivity contribution in [3.63, 3.8) is 0 Å². The van der Waals surface area contributed by atoms with Gasteiger partial charge in [-0.3, -0.25) is 14.4 Å². The summed E-state index contributed by atoms with van der Waals surface area (Å²) in [6, 6.07) is 13.9. The second kappa shape index (κ2) is 4.42. The van der Waals surface area contributed by atoms with Crippen LogP contribution in [0.25, 0.3) is 0 Å². The molecule has 6 heteroatoms. The number of carbonyl (C=O) groups excluding carboxylic acids is 3. The normalized spacial score (nSPS) is 21.5. The van der Waals surface area contributed by atoms with Crippen LogP contribution in [0.2, 0.25) is 0 Å². The Morgan fingerprint density at radius 1 is 1.00 bits per heavy atom. The lowest BCUT2D eigenvalue weighted by Crippen LogP contribution is -2.61. The van der Waals surface area contributed by atoms with E-state index in [9.17, 15) is 14.4 Å². The maximum atomic E-state index is 13.0. The number of nitrogens with zero attached hydrogens (tertiary/aromatic N) is 1. The maximum Gasteiger partial charge on any atom is 0.285 e. The summed E-state index contributed by atoms with van der Waals surface area (Å²) in [5.74, 6) is -1.25. The van der Waals surface area contributed by atoms with Crippen LogP contribution in [0.1, 0.15) is 22.8 Å². The van der Waals surface area contributed by atoms with Crippen LogP contribution in [0.15, 0.2) is 48.5 Å². The van der Waals surface area contributed by atoms with Crippen molar-refractivity contribution >= 4 is 29.1 Å². The molecule has 1 unspecified atom stereocenters. The van der Waals surface area contributed by atoms with Crippen molar-refractivity contribution in [3.8, 4) is 0 Å². The van der Waals surface area contributed by atoms with Gasteiger partial charge >= 0.3 is 0 Å². The predicted octanol–water partition coefficient (Wildman–Crippen LogP) is 1.59. The summed E-state index contributed by atoms with van der Waals surface area (Å²) in [7, 11) is 0. The SMILES string of the molecule is CC(=O)N1C(=O)C2(NC(=O)c3ccccc3N2)c2ccccc21. The lowest BCUT2D eigenvalue weighted by molar-refractivity contribution is -0.128. The summed E-state index contributed by atoms with van der Waals surface area (Å²) < 4.78 is 0. The molecule has 4 rings (SSSR count). The highest BCUT2D eigenvalue weighted by Gasteiger charge is 2.55. The molecule has 0 saturated carbocycles. The molecule has 114 valence electrons. The Balaban J connectivity index is 1.94. The maximum absolute atomic E-state index is 13.0. The smallest absolute Gasteiger partial charge is 0.285 e. The molecule has 2 aliphatic heterocycles. The fourth-order valence-corrected chi connectivity index (χ4v) is 3.19. The molecule has 2 aromatic rings. The van der Waals surface area contributed by atoms with Gasteiger partial charge in [-0.15, -0.1) is 0 Å². The molecule has 1 atom stereocenters. The van der Waals surface area contributed by atoms with Gasteiger partial charge in [0.25, 0.3) is 11.8 Å². The van der Waals surface area contributed by atoms with Crippen LogP contribution < -0.4 is 15.5 Å². The number of anilines is 2. The number of nitrogens with one attached hydrogen (secondary N) is 2. The Morgan fingerprint density at radius 2 is 1.70 bits per heavy atom. The van der Waals surface area contributed by atoms with E-state index in [2.05, 4.69) is 10.6 Å². The number of rotatable bonds is 0. The summed E-state index contributed by atoms with van der Waals surface area (Å²) in [4.78, 5) is 38.5. The van der Waals surface area contributed by atoms with Crippen LogP contribution in [0.3, 0.4) is 0 Å². The minimum absolute atomic E-state index is 0.354. The van der Waals surface area contributed by atoms with Gasteiger partial charge in [-0.25, -0.2) is 4.90 Å². The van der Waals surface area contributed by atoms with Crippen LogP contribution in [0, 0.1) is 0 Å². The van der Waals surface area contributed by atoms with Crippen LogP contribution in [-0.2, 0) is 15.3 Å². The number of fused-ring (bicyclic) bond motifs is 3. The highest BCUT2D eigenvalue weighted by atomic mass is 16.2. The first-order valence-corrected chi connectivity index (χ1v) is 7.19. The molecule has 0 bridgehead atoms. The average molecular weight is 307 g/mol. The minimum atomic E-state index is -1.45. The second-order valence-electron chi connectivity index (χ2n) is 5.55. The first-order chi connectivity index (χ1) is 11.0. The molecule has 0 aromatic heterocycles. The standard InChI is InChI=1S/C17H13N3O3/c1-10(21)20-14-9-5-3-7-12(14)17(16(20)23)18-13-8-4-2-6-11(13)15(22)19-17/h2-9,18H,1H3,(H,19,22). The van der Waals surface area contributed by atoms with Gasteiger partial charge in [0.1, 0.15) is 0 Å². The molecule has 0 fully saturated rings. The van der Waals surface area contributed by atoms with Gasteiger partial charge in [-0.05, 0) is 18.2 Å². The molecule has 2 aromatic carbocycles. The molecule has 2 aliphatic rings. The van der Waals surface area contributed by atoms with E-state index in [1.54, 1.807) is 48.5 Å². The molecule has 0 aliphatic carbocycles. The molecular weight excluding hydrogens is 294 g/mol. The van der Waals surface area contributed by atoms with Crippen LogP contribution in [-0.4, -0.2) is 17.7 Å². The Kier molecular flexibility index (Phi) is 2.60. The molecule has 0 saturated heterocycles. The van der Waals surface area contributed by atoms with Gasteiger partial charge in [-0.1, -0.05) is 30.3 Å². The van der Waals surface area contributed by atoms with Crippen LogP contribution in [0.4, 0.5) is 11.4 Å². The van der Waals surface area contributed by atoms with Gasteiger partial charge in [0.2, 0.25) is 11.6 Å². The van der Waals surface area contributed by atoms with Crippen LogP contribution in [0.5, 0.6) is 0 Å². The fourth-order valence-electron chi connectivity index (χ4n) is 3.19. The minimum Gasteiger partial charge on any atom is -0.350 e. The highest BCUT2D eigenvalue weighted by molar-refractivity contribution is 6.24. The fraction of sp³-hybridized carbons (Fsp3) is 0.118. The summed E-state index contributed by atoms with van der Waals surface area (Å²) in [5, 5.41) is 5.86. The van der Waals surface area contributed by atoms with E-state index in [4.69, 9.17) is 0 Å².